The van der Waals surface area contributed by atoms with Crippen LogP contribution in [0.4, 0.5) is 0 Å². The van der Waals surface area contributed by atoms with E-state index in [0.29, 0.717) is 4.91 Å². The Balaban J connectivity index is 1.83. The lowest BCUT2D eigenvalue weighted by Gasteiger charge is -2.14. The number of amides is 1. The summed E-state index contributed by atoms with van der Waals surface area (Å²) in [5, 5.41) is 10.7. The second kappa shape index (κ2) is 6.66. The molecule has 4 nitrogen and oxygen atoms in total. The number of benzene rings is 1. The Kier molecular flexibility index (Phi) is 4.61. The Morgan fingerprint density at radius 1 is 1.22 bits per heavy atom. The number of nitrogens with zero attached hydrogens (tertiary/aromatic N) is 1. The summed E-state index contributed by atoms with van der Waals surface area (Å²) in [6, 6.07) is 13.9. The lowest BCUT2D eigenvalue weighted by Crippen LogP contribution is -2.40. The highest BCUT2D eigenvalue weighted by atomic mass is 32.2. The van der Waals surface area contributed by atoms with Gasteiger partial charge < -0.3 is 9.90 Å². The number of rotatable bonds is 4. The molecule has 1 fully saturated rings. The number of thiocarbonyl (C=S) groups is 1. The highest BCUT2D eigenvalue weighted by Crippen LogP contribution is 2.35. The Morgan fingerprint density at radius 2 is 1.96 bits per heavy atom. The zero-order chi connectivity index (χ0) is 16.4. The number of hydrogen-bond acceptors (Lipinski definition) is 6. The van der Waals surface area contributed by atoms with Gasteiger partial charge in [0.15, 0.2) is 0 Å². The van der Waals surface area contributed by atoms with Crippen LogP contribution in [0.15, 0.2) is 47.4 Å². The molecule has 0 saturated carbocycles. The van der Waals surface area contributed by atoms with Crippen molar-refractivity contribution in [3.8, 4) is 10.4 Å². The van der Waals surface area contributed by atoms with Crippen LogP contribution in [0.2, 0.25) is 0 Å². The van der Waals surface area contributed by atoms with Crippen LogP contribution >= 0.6 is 35.3 Å². The summed E-state index contributed by atoms with van der Waals surface area (Å²) in [4.78, 5) is 26.4. The summed E-state index contributed by atoms with van der Waals surface area (Å²) in [7, 11) is 0. The molecule has 7 heteroatoms. The molecule has 1 aliphatic heterocycles. The van der Waals surface area contributed by atoms with Gasteiger partial charge in [0.1, 0.15) is 4.32 Å². The fourth-order valence-corrected chi connectivity index (χ4v) is 4.36. The molecule has 1 saturated heterocycles. The Hall–Kier alpha value is -1.96. The van der Waals surface area contributed by atoms with Crippen LogP contribution in [0.5, 0.6) is 0 Å². The van der Waals surface area contributed by atoms with Crippen molar-refractivity contribution in [1.29, 1.82) is 0 Å². The van der Waals surface area contributed by atoms with E-state index in [-0.39, 0.29) is 10.2 Å². The minimum Gasteiger partial charge on any atom is -0.548 e. The van der Waals surface area contributed by atoms with Gasteiger partial charge >= 0.3 is 0 Å². The molecule has 1 amide bonds. The largest absolute Gasteiger partial charge is 0.548 e. The molecule has 2 aromatic rings. The van der Waals surface area contributed by atoms with Gasteiger partial charge in [0.05, 0.1) is 17.4 Å². The van der Waals surface area contributed by atoms with Crippen molar-refractivity contribution >= 4 is 57.6 Å². The summed E-state index contributed by atoms with van der Waals surface area (Å²) in [5.74, 6) is -1.72. The molecular formula is C16H10NO3S3-. The number of carbonyl (C=O) groups is 2. The smallest absolute Gasteiger partial charge is 0.266 e. The average Bonchev–Trinajstić information content (AvgIpc) is 3.09. The van der Waals surface area contributed by atoms with Crippen LogP contribution in [-0.2, 0) is 9.59 Å². The van der Waals surface area contributed by atoms with Crippen LogP contribution in [0.25, 0.3) is 16.5 Å². The molecule has 0 bridgehead atoms. The molecule has 0 unspecified atom stereocenters. The molecule has 0 spiro atoms. The monoisotopic (exact) mass is 360 g/mol. The van der Waals surface area contributed by atoms with Gasteiger partial charge in [-0.1, -0.05) is 54.3 Å². The maximum Gasteiger partial charge on any atom is 0.266 e. The van der Waals surface area contributed by atoms with Crippen LogP contribution in [0.1, 0.15) is 4.88 Å². The zero-order valence-corrected chi connectivity index (χ0v) is 14.2. The summed E-state index contributed by atoms with van der Waals surface area (Å²) in [6.07, 6.45) is 1.74. The Morgan fingerprint density at radius 3 is 2.65 bits per heavy atom. The first-order valence-electron chi connectivity index (χ1n) is 6.65. The van der Waals surface area contributed by atoms with Crippen molar-refractivity contribution in [3.63, 3.8) is 0 Å². The molecule has 3 rings (SSSR count). The predicted molar refractivity (Wildman–Crippen MR) is 94.6 cm³/mol. The molecule has 116 valence electrons. The second-order valence-electron chi connectivity index (χ2n) is 4.71. The third kappa shape index (κ3) is 3.52. The van der Waals surface area contributed by atoms with Crippen LogP contribution in [0, 0.1) is 0 Å². The highest BCUT2D eigenvalue weighted by molar-refractivity contribution is 8.26. The van der Waals surface area contributed by atoms with Gasteiger partial charge in [-0.15, -0.1) is 11.3 Å². The topological polar surface area (TPSA) is 60.4 Å². The fourth-order valence-electron chi connectivity index (χ4n) is 2.08. The number of carboxylic acids is 1. The number of carboxylic acid groups (broad SMARTS) is 1. The van der Waals surface area contributed by atoms with Gasteiger partial charge in [-0.2, -0.15) is 0 Å². The van der Waals surface area contributed by atoms with E-state index < -0.39 is 12.5 Å². The van der Waals surface area contributed by atoms with E-state index >= 15 is 0 Å². The maximum absolute atomic E-state index is 12.2. The van der Waals surface area contributed by atoms with Crippen LogP contribution in [0.3, 0.4) is 0 Å². The van der Waals surface area contributed by atoms with Gasteiger partial charge in [-0.05, 0) is 23.8 Å². The van der Waals surface area contributed by atoms with Crippen LogP contribution < -0.4 is 5.11 Å². The highest BCUT2D eigenvalue weighted by Gasteiger charge is 2.31. The standard InChI is InChI=1S/C16H11NO3S3/c18-14(19)9-17-15(20)13(23-16(17)21)8-11-6-7-12(22-11)10-4-2-1-3-5-10/h1-8H,9H2,(H,18,19)/p-1/b13-8+. The summed E-state index contributed by atoms with van der Waals surface area (Å²) in [6.45, 7) is -0.512. The maximum atomic E-state index is 12.2. The molecular weight excluding hydrogens is 350 g/mol. The van der Waals surface area contributed by atoms with E-state index in [0.717, 1.165) is 32.0 Å². The summed E-state index contributed by atoms with van der Waals surface area (Å²) >= 11 is 7.72. The molecule has 2 heterocycles. The summed E-state index contributed by atoms with van der Waals surface area (Å²) < 4.78 is 0.241. The molecule has 0 radical (unpaired) electrons. The van der Waals surface area contributed by atoms with E-state index in [9.17, 15) is 14.7 Å². The molecule has 1 aliphatic rings. The molecule has 0 aliphatic carbocycles. The van der Waals surface area contributed by atoms with Crippen LogP contribution in [-0.4, -0.2) is 27.6 Å². The first-order chi connectivity index (χ1) is 11.0. The molecule has 23 heavy (non-hydrogen) atoms. The fraction of sp³-hybridized carbons (Fsp3) is 0.0625. The van der Waals surface area contributed by atoms with Gasteiger partial charge in [-0.3, -0.25) is 9.69 Å². The van der Waals surface area contributed by atoms with Crippen molar-refractivity contribution in [3.05, 3.63) is 52.2 Å². The quantitative estimate of drug-likeness (QED) is 0.619. The van der Waals surface area contributed by atoms with Crippen molar-refractivity contribution in [1.82, 2.24) is 4.90 Å². The van der Waals surface area contributed by atoms with Gasteiger partial charge in [0, 0.05) is 9.75 Å². The van der Waals surface area contributed by atoms with E-state index in [2.05, 4.69) is 0 Å². The van der Waals surface area contributed by atoms with E-state index in [1.165, 1.54) is 0 Å². The molecule has 0 N–H and O–H groups in total. The third-order valence-corrected chi connectivity index (χ3v) is 5.58. The predicted octanol–water partition coefficient (Wildman–Crippen LogP) is 2.37. The second-order valence-corrected chi connectivity index (χ2v) is 7.50. The normalized spacial score (nSPS) is 16.3. The number of thioether (sulfide) groups is 1. The average molecular weight is 360 g/mol. The number of thiophene rings is 1. The molecule has 1 aromatic heterocycles. The minimum absolute atomic E-state index is 0.241. The van der Waals surface area contributed by atoms with E-state index in [1.54, 1.807) is 17.4 Å². The Labute approximate surface area is 146 Å². The van der Waals surface area contributed by atoms with Crippen molar-refractivity contribution in [2.75, 3.05) is 6.54 Å². The first kappa shape index (κ1) is 15.9. The van der Waals surface area contributed by atoms with Gasteiger partial charge in [0.2, 0.25) is 0 Å². The van der Waals surface area contributed by atoms with Crippen molar-refractivity contribution in [2.24, 2.45) is 0 Å². The van der Waals surface area contributed by atoms with Gasteiger partial charge in [0.25, 0.3) is 5.91 Å². The van der Waals surface area contributed by atoms with E-state index in [1.807, 2.05) is 42.5 Å². The first-order valence-corrected chi connectivity index (χ1v) is 8.69. The van der Waals surface area contributed by atoms with Gasteiger partial charge in [-0.25, -0.2) is 0 Å². The summed E-state index contributed by atoms with van der Waals surface area (Å²) in [5.41, 5.74) is 1.11. The molecule has 0 atom stereocenters. The number of carbonyl (C=O) groups excluding carboxylic acids is 2. The third-order valence-electron chi connectivity index (χ3n) is 3.12. The minimum atomic E-state index is -1.33. The van der Waals surface area contributed by atoms with E-state index in [4.69, 9.17) is 12.2 Å². The number of aliphatic carboxylic acids is 1. The number of hydrogen-bond donors (Lipinski definition) is 0. The zero-order valence-electron chi connectivity index (χ0n) is 11.7. The molecule has 1 aromatic carbocycles. The Bertz CT molecular complexity index is 811. The lowest BCUT2D eigenvalue weighted by atomic mass is 10.2. The SMILES string of the molecule is O=C([O-])CN1C(=O)/C(=C\c2ccc(-c3ccccc3)s2)SC1=S. The van der Waals surface area contributed by atoms with Crippen molar-refractivity contribution < 1.29 is 14.7 Å². The van der Waals surface area contributed by atoms with Crippen molar-refractivity contribution in [2.45, 2.75) is 0 Å². The lowest BCUT2D eigenvalue weighted by molar-refractivity contribution is -0.305.